The van der Waals surface area contributed by atoms with Crippen molar-refractivity contribution in [2.24, 2.45) is 0 Å². The summed E-state index contributed by atoms with van der Waals surface area (Å²) < 4.78 is 9.21. The second kappa shape index (κ2) is 9.02. The maximum Gasteiger partial charge on any atom is 0.324 e. The molecule has 12 nitrogen and oxygen atoms in total. The van der Waals surface area contributed by atoms with Crippen molar-refractivity contribution in [3.63, 3.8) is 0 Å². The van der Waals surface area contributed by atoms with Gasteiger partial charge in [0.25, 0.3) is 0 Å². The minimum atomic E-state index is 0.254. The SMILES string of the molecule is Cc1nc(-n2cnnn2)ccc1Nc1cccn2c(C3CCN(c4nc(C(C)C)no4)CC3)cnc12. The van der Waals surface area contributed by atoms with Crippen LogP contribution >= 0.6 is 0 Å². The van der Waals surface area contributed by atoms with E-state index in [9.17, 15) is 0 Å². The maximum atomic E-state index is 5.49. The number of tetrazole rings is 1. The van der Waals surface area contributed by atoms with E-state index >= 15 is 0 Å². The molecule has 1 saturated heterocycles. The average Bonchev–Trinajstić information content (AvgIpc) is 3.66. The quantitative estimate of drug-likeness (QED) is 0.380. The molecular formula is C24H27N11O. The number of fused-ring (bicyclic) bond motifs is 1. The lowest BCUT2D eigenvalue weighted by molar-refractivity contribution is 0.386. The molecule has 6 rings (SSSR count). The highest BCUT2D eigenvalue weighted by Gasteiger charge is 2.26. The normalized spacial score (nSPS) is 14.7. The average molecular weight is 486 g/mol. The number of nitrogens with one attached hydrogen (secondary N) is 1. The van der Waals surface area contributed by atoms with Crippen molar-refractivity contribution in [3.8, 4) is 5.82 Å². The van der Waals surface area contributed by atoms with Gasteiger partial charge in [-0.3, -0.25) is 0 Å². The Morgan fingerprint density at radius 2 is 1.94 bits per heavy atom. The third-order valence-electron chi connectivity index (χ3n) is 6.62. The van der Waals surface area contributed by atoms with Crippen LogP contribution in [0.25, 0.3) is 11.5 Å². The highest BCUT2D eigenvalue weighted by atomic mass is 16.5. The fourth-order valence-electron chi connectivity index (χ4n) is 4.60. The molecule has 1 aliphatic heterocycles. The summed E-state index contributed by atoms with van der Waals surface area (Å²) in [6.45, 7) is 7.83. The Morgan fingerprint density at radius 3 is 2.67 bits per heavy atom. The Hall–Kier alpha value is -4.35. The molecule has 12 heteroatoms. The molecule has 5 aromatic rings. The molecule has 1 aliphatic rings. The van der Waals surface area contributed by atoms with E-state index in [4.69, 9.17) is 9.51 Å². The molecule has 0 atom stereocenters. The van der Waals surface area contributed by atoms with Gasteiger partial charge in [-0.15, -0.1) is 5.10 Å². The molecule has 0 bridgehead atoms. The van der Waals surface area contributed by atoms with Crippen molar-refractivity contribution in [3.05, 3.63) is 60.2 Å². The predicted octanol–water partition coefficient (Wildman–Crippen LogP) is 3.65. The standard InChI is InChI=1S/C24H27N11O/c1-15(2)22-29-24(36-30-22)33-11-8-17(9-12-33)20-13-25-23-19(5-4-10-34(20)23)28-18-6-7-21(27-16(18)3)35-14-26-31-32-35/h4-7,10,13-15,17,28H,8-9,11-12H2,1-3H3. The van der Waals surface area contributed by atoms with Crippen molar-refractivity contribution < 1.29 is 4.52 Å². The van der Waals surface area contributed by atoms with Gasteiger partial charge in [-0.1, -0.05) is 19.0 Å². The minimum Gasteiger partial charge on any atom is -0.351 e. The van der Waals surface area contributed by atoms with Gasteiger partial charge in [0, 0.05) is 43.0 Å². The molecule has 6 heterocycles. The van der Waals surface area contributed by atoms with Gasteiger partial charge < -0.3 is 19.1 Å². The molecule has 0 spiro atoms. The number of piperidine rings is 1. The lowest BCUT2D eigenvalue weighted by atomic mass is 9.94. The number of aromatic nitrogens is 9. The Bertz CT molecular complexity index is 1480. The number of nitrogens with zero attached hydrogens (tertiary/aromatic N) is 10. The van der Waals surface area contributed by atoms with Crippen molar-refractivity contribution >= 4 is 23.0 Å². The van der Waals surface area contributed by atoms with Crippen LogP contribution in [0.3, 0.4) is 0 Å². The summed E-state index contributed by atoms with van der Waals surface area (Å²) in [6.07, 6.45) is 7.58. The van der Waals surface area contributed by atoms with Crippen LogP contribution in [-0.2, 0) is 0 Å². The van der Waals surface area contributed by atoms with Crippen LogP contribution in [-0.4, -0.2) is 57.8 Å². The fraction of sp³-hybridized carbons (Fsp3) is 0.375. The Kier molecular flexibility index (Phi) is 5.55. The highest BCUT2D eigenvalue weighted by Crippen LogP contribution is 2.32. The number of anilines is 3. The van der Waals surface area contributed by atoms with E-state index in [2.05, 4.69) is 65.3 Å². The first-order valence-corrected chi connectivity index (χ1v) is 12.1. The summed E-state index contributed by atoms with van der Waals surface area (Å²) in [5.41, 5.74) is 4.76. The Morgan fingerprint density at radius 1 is 1.08 bits per heavy atom. The topological polar surface area (TPSA) is 128 Å². The van der Waals surface area contributed by atoms with E-state index in [1.54, 1.807) is 0 Å². The second-order valence-electron chi connectivity index (χ2n) is 9.33. The molecule has 1 N–H and O–H groups in total. The van der Waals surface area contributed by atoms with Crippen LogP contribution < -0.4 is 10.2 Å². The van der Waals surface area contributed by atoms with E-state index in [1.807, 2.05) is 37.4 Å². The monoisotopic (exact) mass is 485 g/mol. The molecular weight excluding hydrogens is 458 g/mol. The van der Waals surface area contributed by atoms with Crippen LogP contribution in [0.4, 0.5) is 17.4 Å². The molecule has 0 aromatic carbocycles. The number of aryl methyl sites for hydroxylation is 1. The largest absolute Gasteiger partial charge is 0.351 e. The van der Waals surface area contributed by atoms with E-state index in [0.717, 1.165) is 54.5 Å². The first-order chi connectivity index (χ1) is 17.6. The molecule has 0 amide bonds. The fourth-order valence-corrected chi connectivity index (χ4v) is 4.60. The molecule has 36 heavy (non-hydrogen) atoms. The van der Waals surface area contributed by atoms with E-state index in [1.165, 1.54) is 16.7 Å². The van der Waals surface area contributed by atoms with Crippen LogP contribution in [0.5, 0.6) is 0 Å². The summed E-state index contributed by atoms with van der Waals surface area (Å²) in [5.74, 6) is 2.07. The van der Waals surface area contributed by atoms with Gasteiger partial charge in [-0.25, -0.2) is 9.97 Å². The van der Waals surface area contributed by atoms with Crippen molar-refractivity contribution in [1.29, 1.82) is 0 Å². The molecule has 0 saturated carbocycles. The number of pyridine rings is 2. The van der Waals surface area contributed by atoms with Crippen LogP contribution in [0, 0.1) is 6.92 Å². The van der Waals surface area contributed by atoms with Gasteiger partial charge in [0.15, 0.2) is 17.3 Å². The Balaban J connectivity index is 1.19. The third-order valence-corrected chi connectivity index (χ3v) is 6.62. The molecule has 5 aromatic heterocycles. The molecule has 184 valence electrons. The number of hydrogen-bond donors (Lipinski definition) is 1. The van der Waals surface area contributed by atoms with Gasteiger partial charge in [0.05, 0.1) is 17.1 Å². The summed E-state index contributed by atoms with van der Waals surface area (Å²) in [7, 11) is 0. The summed E-state index contributed by atoms with van der Waals surface area (Å²) in [4.78, 5) is 16.1. The number of rotatable bonds is 6. The summed E-state index contributed by atoms with van der Waals surface area (Å²) in [6, 6.07) is 8.55. The number of imidazole rings is 1. The van der Waals surface area contributed by atoms with Crippen molar-refractivity contribution in [2.45, 2.75) is 45.4 Å². The predicted molar refractivity (Wildman–Crippen MR) is 133 cm³/mol. The van der Waals surface area contributed by atoms with E-state index in [0.29, 0.717) is 17.8 Å². The van der Waals surface area contributed by atoms with Gasteiger partial charge >= 0.3 is 6.01 Å². The van der Waals surface area contributed by atoms with E-state index in [-0.39, 0.29) is 5.92 Å². The lowest BCUT2D eigenvalue weighted by Crippen LogP contribution is -2.33. The Labute approximate surface area is 207 Å². The second-order valence-corrected chi connectivity index (χ2v) is 9.33. The van der Waals surface area contributed by atoms with Crippen LogP contribution in [0.1, 0.15) is 55.7 Å². The molecule has 1 fully saturated rings. The number of hydrogen-bond acceptors (Lipinski definition) is 10. The lowest BCUT2D eigenvalue weighted by Gasteiger charge is -2.30. The summed E-state index contributed by atoms with van der Waals surface area (Å²) >= 11 is 0. The zero-order valence-corrected chi connectivity index (χ0v) is 20.4. The van der Waals surface area contributed by atoms with Gasteiger partial charge in [0.2, 0.25) is 0 Å². The van der Waals surface area contributed by atoms with E-state index < -0.39 is 0 Å². The van der Waals surface area contributed by atoms with Gasteiger partial charge in [-0.2, -0.15) is 9.67 Å². The molecule has 0 radical (unpaired) electrons. The third kappa shape index (κ3) is 4.04. The first kappa shape index (κ1) is 22.1. The summed E-state index contributed by atoms with van der Waals surface area (Å²) in [5, 5.41) is 18.9. The van der Waals surface area contributed by atoms with Crippen molar-refractivity contribution in [1.82, 2.24) is 44.7 Å². The van der Waals surface area contributed by atoms with Gasteiger partial charge in [0.1, 0.15) is 6.33 Å². The zero-order chi connectivity index (χ0) is 24.6. The minimum absolute atomic E-state index is 0.254. The smallest absolute Gasteiger partial charge is 0.324 e. The van der Waals surface area contributed by atoms with Crippen LogP contribution in [0.2, 0.25) is 0 Å². The van der Waals surface area contributed by atoms with Gasteiger partial charge in [-0.05, 0) is 54.5 Å². The van der Waals surface area contributed by atoms with Crippen LogP contribution in [0.15, 0.2) is 47.5 Å². The maximum absolute atomic E-state index is 5.49. The highest BCUT2D eigenvalue weighted by molar-refractivity contribution is 5.75. The first-order valence-electron chi connectivity index (χ1n) is 12.1. The zero-order valence-electron chi connectivity index (χ0n) is 20.4. The molecule has 0 unspecified atom stereocenters. The molecule has 0 aliphatic carbocycles. The van der Waals surface area contributed by atoms with Crippen molar-refractivity contribution in [2.75, 3.05) is 23.3 Å².